The summed E-state index contributed by atoms with van der Waals surface area (Å²) >= 11 is 3.33. The summed E-state index contributed by atoms with van der Waals surface area (Å²) < 4.78 is 16.4. The standard InChI is InChI=1S/C18H17BrO5/c1-11(2)23-16-9-8-12(19)10-14(16)18(21)24-15-7-5-4-6-13(15)17(20)22-3/h4-11H,1-3H3. The molecule has 0 fully saturated rings. The molecule has 0 spiro atoms. The van der Waals surface area contributed by atoms with E-state index in [-0.39, 0.29) is 23.0 Å². The zero-order valence-electron chi connectivity index (χ0n) is 13.5. The molecule has 0 aliphatic rings. The van der Waals surface area contributed by atoms with E-state index in [0.29, 0.717) is 10.2 Å². The molecular formula is C18H17BrO5. The van der Waals surface area contributed by atoms with E-state index >= 15 is 0 Å². The molecule has 0 N–H and O–H groups in total. The molecule has 24 heavy (non-hydrogen) atoms. The van der Waals surface area contributed by atoms with Crippen LogP contribution in [0.15, 0.2) is 46.9 Å². The van der Waals surface area contributed by atoms with Crippen molar-refractivity contribution in [3.05, 3.63) is 58.1 Å². The van der Waals surface area contributed by atoms with E-state index in [0.717, 1.165) is 0 Å². The smallest absolute Gasteiger partial charge is 0.347 e. The first-order valence-corrected chi connectivity index (χ1v) is 8.07. The molecule has 0 amide bonds. The number of halogens is 1. The zero-order valence-corrected chi connectivity index (χ0v) is 15.1. The second-order valence-electron chi connectivity index (χ2n) is 5.18. The van der Waals surface area contributed by atoms with Crippen molar-refractivity contribution in [2.45, 2.75) is 20.0 Å². The SMILES string of the molecule is COC(=O)c1ccccc1OC(=O)c1cc(Br)ccc1OC(C)C. The topological polar surface area (TPSA) is 61.8 Å². The monoisotopic (exact) mass is 392 g/mol. The number of ether oxygens (including phenoxy) is 3. The maximum atomic E-state index is 12.6. The van der Waals surface area contributed by atoms with Gasteiger partial charge in [0.15, 0.2) is 0 Å². The first-order valence-electron chi connectivity index (χ1n) is 7.28. The highest BCUT2D eigenvalue weighted by molar-refractivity contribution is 9.10. The van der Waals surface area contributed by atoms with E-state index in [4.69, 9.17) is 14.2 Å². The minimum Gasteiger partial charge on any atom is -0.490 e. The molecule has 0 atom stereocenters. The molecule has 126 valence electrons. The van der Waals surface area contributed by atoms with Gasteiger partial charge in [0, 0.05) is 4.47 Å². The molecule has 0 aliphatic carbocycles. The predicted octanol–water partition coefficient (Wildman–Crippen LogP) is 4.24. The molecule has 6 heteroatoms. The fourth-order valence-corrected chi connectivity index (χ4v) is 2.37. The summed E-state index contributed by atoms with van der Waals surface area (Å²) in [6.45, 7) is 3.73. The Balaban J connectivity index is 2.34. The Morgan fingerprint density at radius 2 is 1.67 bits per heavy atom. The van der Waals surface area contributed by atoms with Crippen molar-refractivity contribution in [3.63, 3.8) is 0 Å². The largest absolute Gasteiger partial charge is 0.490 e. The van der Waals surface area contributed by atoms with Crippen LogP contribution >= 0.6 is 15.9 Å². The van der Waals surface area contributed by atoms with E-state index in [2.05, 4.69) is 15.9 Å². The third-order valence-electron chi connectivity index (χ3n) is 3.02. The van der Waals surface area contributed by atoms with E-state index < -0.39 is 11.9 Å². The van der Waals surface area contributed by atoms with E-state index in [9.17, 15) is 9.59 Å². The number of hydrogen-bond acceptors (Lipinski definition) is 5. The van der Waals surface area contributed by atoms with Crippen LogP contribution < -0.4 is 9.47 Å². The molecule has 5 nitrogen and oxygen atoms in total. The van der Waals surface area contributed by atoms with Gasteiger partial charge in [0.25, 0.3) is 0 Å². The fourth-order valence-electron chi connectivity index (χ4n) is 2.01. The Bertz CT molecular complexity index is 755. The average Bonchev–Trinajstić information content (AvgIpc) is 2.55. The van der Waals surface area contributed by atoms with E-state index in [1.54, 1.807) is 30.3 Å². The van der Waals surface area contributed by atoms with E-state index in [1.807, 2.05) is 13.8 Å². The highest BCUT2D eigenvalue weighted by Crippen LogP contribution is 2.27. The summed E-state index contributed by atoms with van der Waals surface area (Å²) in [5, 5.41) is 0. The van der Waals surface area contributed by atoms with Gasteiger partial charge in [-0.25, -0.2) is 9.59 Å². The second-order valence-corrected chi connectivity index (χ2v) is 6.10. The van der Waals surface area contributed by atoms with Gasteiger partial charge >= 0.3 is 11.9 Å². The maximum absolute atomic E-state index is 12.6. The molecule has 2 aromatic rings. The van der Waals surface area contributed by atoms with Crippen molar-refractivity contribution in [2.75, 3.05) is 7.11 Å². The second kappa shape index (κ2) is 7.97. The molecule has 2 rings (SSSR count). The first kappa shape index (κ1) is 18.0. The third-order valence-corrected chi connectivity index (χ3v) is 3.51. The molecule has 0 saturated carbocycles. The minimum absolute atomic E-state index is 0.0971. The lowest BCUT2D eigenvalue weighted by atomic mass is 10.2. The molecule has 0 aliphatic heterocycles. The van der Waals surface area contributed by atoms with Crippen molar-refractivity contribution in [1.29, 1.82) is 0 Å². The molecule has 0 unspecified atom stereocenters. The van der Waals surface area contributed by atoms with Crippen molar-refractivity contribution in [3.8, 4) is 11.5 Å². The molecule has 2 aromatic carbocycles. The van der Waals surface area contributed by atoms with Crippen LogP contribution in [-0.2, 0) is 4.74 Å². The fraction of sp³-hybridized carbons (Fsp3) is 0.222. The molecule has 0 bridgehead atoms. The van der Waals surface area contributed by atoms with Gasteiger partial charge in [-0.2, -0.15) is 0 Å². The quantitative estimate of drug-likeness (QED) is 0.562. The summed E-state index contributed by atoms with van der Waals surface area (Å²) in [5.74, 6) is -0.659. The summed E-state index contributed by atoms with van der Waals surface area (Å²) in [6, 6.07) is 11.5. The zero-order chi connectivity index (χ0) is 17.7. The molecular weight excluding hydrogens is 376 g/mol. The van der Waals surface area contributed by atoms with Crippen LogP contribution in [0.1, 0.15) is 34.6 Å². The number of hydrogen-bond donors (Lipinski definition) is 0. The van der Waals surface area contributed by atoms with E-state index in [1.165, 1.54) is 19.2 Å². The van der Waals surface area contributed by atoms with Gasteiger partial charge in [0.2, 0.25) is 0 Å². The van der Waals surface area contributed by atoms with Crippen LogP contribution in [0.4, 0.5) is 0 Å². The van der Waals surface area contributed by atoms with Crippen molar-refractivity contribution < 1.29 is 23.8 Å². The summed E-state index contributed by atoms with van der Waals surface area (Å²) in [6.07, 6.45) is -0.0971. The van der Waals surface area contributed by atoms with Gasteiger partial charge < -0.3 is 14.2 Å². The Hall–Kier alpha value is -2.34. The van der Waals surface area contributed by atoms with Crippen LogP contribution in [0.25, 0.3) is 0 Å². The highest BCUT2D eigenvalue weighted by atomic mass is 79.9. The van der Waals surface area contributed by atoms with Crippen LogP contribution in [0.3, 0.4) is 0 Å². The van der Waals surface area contributed by atoms with Crippen LogP contribution in [0.2, 0.25) is 0 Å². The summed E-state index contributed by atoms with van der Waals surface area (Å²) in [4.78, 5) is 24.3. The van der Waals surface area contributed by atoms with Crippen molar-refractivity contribution in [1.82, 2.24) is 0 Å². The number of carbonyl (C=O) groups excluding carboxylic acids is 2. The van der Waals surface area contributed by atoms with Gasteiger partial charge in [-0.1, -0.05) is 28.1 Å². The predicted molar refractivity (Wildman–Crippen MR) is 92.6 cm³/mol. The van der Waals surface area contributed by atoms with Gasteiger partial charge in [0.1, 0.15) is 22.6 Å². The van der Waals surface area contributed by atoms with Gasteiger partial charge in [-0.3, -0.25) is 0 Å². The number of carbonyl (C=O) groups is 2. The van der Waals surface area contributed by atoms with Gasteiger partial charge in [-0.05, 0) is 44.2 Å². The van der Waals surface area contributed by atoms with Crippen LogP contribution in [-0.4, -0.2) is 25.2 Å². The molecule has 0 heterocycles. The third kappa shape index (κ3) is 4.35. The van der Waals surface area contributed by atoms with Crippen molar-refractivity contribution in [2.24, 2.45) is 0 Å². The summed E-state index contributed by atoms with van der Waals surface area (Å²) in [5.41, 5.74) is 0.437. The van der Waals surface area contributed by atoms with Crippen molar-refractivity contribution >= 4 is 27.9 Å². The Morgan fingerprint density at radius 3 is 2.33 bits per heavy atom. The lowest BCUT2D eigenvalue weighted by Gasteiger charge is -2.14. The normalized spacial score (nSPS) is 10.4. The molecule has 0 radical (unpaired) electrons. The summed E-state index contributed by atoms with van der Waals surface area (Å²) in [7, 11) is 1.27. The number of rotatable bonds is 5. The Morgan fingerprint density at radius 1 is 0.958 bits per heavy atom. The number of methoxy groups -OCH3 is 1. The lowest BCUT2D eigenvalue weighted by Crippen LogP contribution is -2.15. The Labute approximate surface area is 148 Å². The maximum Gasteiger partial charge on any atom is 0.347 e. The highest BCUT2D eigenvalue weighted by Gasteiger charge is 2.20. The average molecular weight is 393 g/mol. The van der Waals surface area contributed by atoms with Gasteiger partial charge in [0.05, 0.1) is 13.2 Å². The van der Waals surface area contributed by atoms with Crippen LogP contribution in [0.5, 0.6) is 11.5 Å². The first-order chi connectivity index (χ1) is 11.4. The lowest BCUT2D eigenvalue weighted by molar-refractivity contribution is 0.0593. The molecule has 0 aromatic heterocycles. The number of esters is 2. The minimum atomic E-state index is -0.622. The number of para-hydroxylation sites is 1. The number of benzene rings is 2. The van der Waals surface area contributed by atoms with Gasteiger partial charge in [-0.15, -0.1) is 0 Å². The molecule has 0 saturated heterocycles. The Kier molecular flexibility index (Phi) is 5.98. The van der Waals surface area contributed by atoms with Crippen LogP contribution in [0, 0.1) is 0 Å².